The summed E-state index contributed by atoms with van der Waals surface area (Å²) in [7, 11) is 0. The quantitative estimate of drug-likeness (QED) is 0.227. The second kappa shape index (κ2) is 8.44. The summed E-state index contributed by atoms with van der Waals surface area (Å²) in [6, 6.07) is 17.2. The second-order valence-electron chi connectivity index (χ2n) is 7.84. The van der Waals surface area contributed by atoms with Crippen LogP contribution in [0.15, 0.2) is 64.5 Å². The van der Waals surface area contributed by atoms with Crippen LogP contribution in [0.5, 0.6) is 0 Å². The van der Waals surface area contributed by atoms with E-state index in [0.29, 0.717) is 10.7 Å². The van der Waals surface area contributed by atoms with Gasteiger partial charge < -0.3 is 0 Å². The number of carbonyl (C=O) groups is 1. The van der Waals surface area contributed by atoms with Crippen molar-refractivity contribution in [3.05, 3.63) is 86.5 Å². The number of benzene rings is 2. The molecule has 0 saturated heterocycles. The van der Waals surface area contributed by atoms with Crippen molar-refractivity contribution in [2.24, 2.45) is 0 Å². The molecule has 4 nitrogen and oxygen atoms in total. The first-order chi connectivity index (χ1) is 15.1. The number of aromatic nitrogens is 2. The van der Waals surface area contributed by atoms with Gasteiger partial charge in [-0.2, -0.15) is 0 Å². The summed E-state index contributed by atoms with van der Waals surface area (Å²) in [5, 5.41) is 0.579. The highest BCUT2D eigenvalue weighted by Gasteiger charge is 2.23. The van der Waals surface area contributed by atoms with E-state index in [9.17, 15) is 9.59 Å². The molecular weight excluding hydrogens is 424 g/mol. The number of carbonyl (C=O) groups excluding carboxylic acids is 1. The van der Waals surface area contributed by atoms with E-state index in [2.05, 4.69) is 0 Å². The Labute approximate surface area is 189 Å². The van der Waals surface area contributed by atoms with Crippen molar-refractivity contribution in [1.29, 1.82) is 0 Å². The third kappa shape index (κ3) is 3.86. The number of rotatable bonds is 5. The molecule has 0 amide bonds. The van der Waals surface area contributed by atoms with Gasteiger partial charge in [0.25, 0.3) is 5.56 Å². The van der Waals surface area contributed by atoms with Crippen LogP contribution in [0.1, 0.15) is 39.2 Å². The molecule has 2 aromatic heterocycles. The predicted molar refractivity (Wildman–Crippen MR) is 128 cm³/mol. The highest BCUT2D eigenvalue weighted by molar-refractivity contribution is 7.99. The van der Waals surface area contributed by atoms with Gasteiger partial charge in [0.1, 0.15) is 4.70 Å². The third-order valence-corrected chi connectivity index (χ3v) is 7.87. The van der Waals surface area contributed by atoms with E-state index in [1.807, 2.05) is 61.5 Å². The van der Waals surface area contributed by atoms with Gasteiger partial charge in [0.05, 0.1) is 17.0 Å². The van der Waals surface area contributed by atoms with Crippen LogP contribution < -0.4 is 5.56 Å². The summed E-state index contributed by atoms with van der Waals surface area (Å²) < 4.78 is 2.39. The van der Waals surface area contributed by atoms with Crippen LogP contribution in [0, 0.1) is 6.92 Å². The van der Waals surface area contributed by atoms with Crippen molar-refractivity contribution >= 4 is 39.1 Å². The van der Waals surface area contributed by atoms with Crippen molar-refractivity contribution in [3.63, 3.8) is 0 Å². The summed E-state index contributed by atoms with van der Waals surface area (Å²) in [4.78, 5) is 32.6. The maximum absolute atomic E-state index is 13.6. The topological polar surface area (TPSA) is 52.0 Å². The summed E-state index contributed by atoms with van der Waals surface area (Å²) in [5.41, 5.74) is 4.61. The number of Topliss-reactive ketones (excluding diaryl/α,β-unsaturated/α-hetero) is 1. The van der Waals surface area contributed by atoms with Crippen molar-refractivity contribution in [1.82, 2.24) is 9.55 Å². The highest BCUT2D eigenvalue weighted by atomic mass is 32.2. The number of aryl methyl sites for hydroxylation is 3. The van der Waals surface area contributed by atoms with Crippen LogP contribution in [0.4, 0.5) is 0 Å². The Morgan fingerprint density at radius 3 is 2.58 bits per heavy atom. The van der Waals surface area contributed by atoms with Crippen LogP contribution in [-0.4, -0.2) is 21.1 Å². The van der Waals surface area contributed by atoms with Gasteiger partial charge in [-0.1, -0.05) is 59.8 Å². The predicted octanol–water partition coefficient (Wildman–Crippen LogP) is 5.61. The lowest BCUT2D eigenvalue weighted by molar-refractivity contribution is 0.102. The molecule has 0 unspecified atom stereocenters. The molecule has 0 atom stereocenters. The Kier molecular flexibility index (Phi) is 5.50. The Balaban J connectivity index is 1.59. The smallest absolute Gasteiger partial charge is 0.276 e. The zero-order valence-electron chi connectivity index (χ0n) is 17.3. The zero-order chi connectivity index (χ0) is 21.4. The Hall–Kier alpha value is -2.70. The van der Waals surface area contributed by atoms with Gasteiger partial charge in [-0.05, 0) is 50.3 Å². The van der Waals surface area contributed by atoms with Gasteiger partial charge in [0, 0.05) is 10.4 Å². The molecule has 0 bridgehead atoms. The number of nitrogens with zero attached hydrogens (tertiary/aromatic N) is 2. The van der Waals surface area contributed by atoms with Crippen LogP contribution >= 0.6 is 23.1 Å². The highest BCUT2D eigenvalue weighted by Crippen LogP contribution is 2.35. The zero-order valence-corrected chi connectivity index (χ0v) is 18.9. The minimum absolute atomic E-state index is 0.0336. The van der Waals surface area contributed by atoms with E-state index in [1.165, 1.54) is 28.6 Å². The number of hydrogen-bond acceptors (Lipinski definition) is 5. The monoisotopic (exact) mass is 446 g/mol. The van der Waals surface area contributed by atoms with Crippen LogP contribution in [0.2, 0.25) is 0 Å². The molecule has 5 rings (SSSR count). The van der Waals surface area contributed by atoms with Crippen LogP contribution in [-0.2, 0) is 12.8 Å². The van der Waals surface area contributed by atoms with Gasteiger partial charge in [-0.3, -0.25) is 14.2 Å². The molecule has 1 aliphatic carbocycles. The lowest BCUT2D eigenvalue weighted by atomic mass is 9.98. The molecule has 6 heteroatoms. The third-order valence-electron chi connectivity index (χ3n) is 5.66. The lowest BCUT2D eigenvalue weighted by Crippen LogP contribution is -2.21. The average Bonchev–Trinajstić information content (AvgIpc) is 3.18. The number of fused-ring (bicyclic) bond motifs is 3. The largest absolute Gasteiger partial charge is 0.293 e. The molecule has 1 aliphatic rings. The van der Waals surface area contributed by atoms with Gasteiger partial charge in [0.2, 0.25) is 0 Å². The molecule has 156 valence electrons. The van der Waals surface area contributed by atoms with Crippen LogP contribution in [0.25, 0.3) is 15.9 Å². The molecule has 31 heavy (non-hydrogen) atoms. The number of para-hydroxylation sites is 1. The molecule has 0 aliphatic heterocycles. The van der Waals surface area contributed by atoms with E-state index in [1.54, 1.807) is 15.9 Å². The molecule has 0 radical (unpaired) electrons. The summed E-state index contributed by atoms with van der Waals surface area (Å²) >= 11 is 2.93. The Morgan fingerprint density at radius 2 is 1.81 bits per heavy atom. The Bertz CT molecular complexity index is 1320. The number of thiophene rings is 1. The molecule has 0 saturated carbocycles. The van der Waals surface area contributed by atoms with E-state index in [4.69, 9.17) is 4.98 Å². The van der Waals surface area contributed by atoms with Crippen molar-refractivity contribution in [2.75, 3.05) is 5.75 Å². The minimum Gasteiger partial charge on any atom is -0.293 e. The molecule has 4 aromatic rings. The van der Waals surface area contributed by atoms with E-state index in [-0.39, 0.29) is 17.1 Å². The molecule has 2 aromatic carbocycles. The maximum atomic E-state index is 13.6. The van der Waals surface area contributed by atoms with Gasteiger partial charge in [-0.25, -0.2) is 4.98 Å². The van der Waals surface area contributed by atoms with Gasteiger partial charge in [-0.15, -0.1) is 11.3 Å². The molecule has 0 spiro atoms. The first-order valence-corrected chi connectivity index (χ1v) is 12.3. The summed E-state index contributed by atoms with van der Waals surface area (Å²) in [6.07, 6.45) is 4.30. The Morgan fingerprint density at radius 1 is 1.06 bits per heavy atom. The van der Waals surface area contributed by atoms with Crippen molar-refractivity contribution < 1.29 is 4.79 Å². The molecular formula is C25H22N2O2S2. The fraction of sp³-hybridized carbons (Fsp3) is 0.240. The normalized spacial score (nSPS) is 13.3. The maximum Gasteiger partial charge on any atom is 0.276 e. The summed E-state index contributed by atoms with van der Waals surface area (Å²) in [6.45, 7) is 2.00. The van der Waals surface area contributed by atoms with Gasteiger partial charge in [0.15, 0.2) is 10.9 Å². The fourth-order valence-electron chi connectivity index (χ4n) is 4.00. The van der Waals surface area contributed by atoms with Crippen LogP contribution in [0.3, 0.4) is 0 Å². The molecule has 2 heterocycles. The van der Waals surface area contributed by atoms with E-state index in [0.717, 1.165) is 40.7 Å². The number of hydrogen-bond donors (Lipinski definition) is 0. The van der Waals surface area contributed by atoms with Crippen molar-refractivity contribution in [3.8, 4) is 5.69 Å². The fourth-order valence-corrected chi connectivity index (χ4v) is 6.16. The van der Waals surface area contributed by atoms with E-state index < -0.39 is 0 Å². The first kappa shape index (κ1) is 20.2. The first-order valence-electron chi connectivity index (χ1n) is 10.5. The van der Waals surface area contributed by atoms with Crippen molar-refractivity contribution in [2.45, 2.75) is 37.8 Å². The minimum atomic E-state index is -0.0408. The number of ketones is 1. The number of thioether (sulfide) groups is 1. The van der Waals surface area contributed by atoms with Gasteiger partial charge >= 0.3 is 0 Å². The summed E-state index contributed by atoms with van der Waals surface area (Å²) in [5.74, 6) is 0.270. The van der Waals surface area contributed by atoms with E-state index >= 15 is 0 Å². The second-order valence-corrected chi connectivity index (χ2v) is 9.88. The average molecular weight is 447 g/mol. The lowest BCUT2D eigenvalue weighted by Gasteiger charge is -2.13. The standard InChI is InChI=1S/C25H22N2O2S2/c1-16-11-13-17(14-12-16)20(28)15-30-25-26-22-19-9-5-6-10-21(19)31-23(22)24(29)27(25)18-7-3-2-4-8-18/h2-4,7-8,11-14H,5-6,9-10,15H2,1H3. The molecule has 0 fully saturated rings. The SMILES string of the molecule is Cc1ccc(C(=O)CSc2nc3c4c(sc3c(=O)n2-c2ccccc2)CCCC4)cc1. The molecule has 0 N–H and O–H groups in total.